The molecule has 0 atom stereocenters. The molecule has 0 aliphatic carbocycles. The molecule has 0 unspecified atom stereocenters. The Bertz CT molecular complexity index is 78.6. The van der Waals surface area contributed by atoms with Crippen molar-refractivity contribution < 1.29 is 0 Å². The van der Waals surface area contributed by atoms with Gasteiger partial charge in [-0.05, 0) is 25.8 Å². The van der Waals surface area contributed by atoms with Gasteiger partial charge in [-0.3, -0.25) is 4.72 Å². The quantitative estimate of drug-likeness (QED) is 0.589. The second kappa shape index (κ2) is 5.19. The fraction of sp³-hybridized carbons (Fsp3) is 0.667. The largest absolute Gasteiger partial charge is 0.264 e. The fourth-order valence-electron chi connectivity index (χ4n) is 0.243. The Labute approximate surface area is 55.7 Å². The van der Waals surface area contributed by atoms with E-state index in [1.54, 1.807) is 11.9 Å². The van der Waals surface area contributed by atoms with Gasteiger partial charge in [0, 0.05) is 0 Å². The zero-order valence-electron chi connectivity index (χ0n) is 5.69. The van der Waals surface area contributed by atoms with Crippen LogP contribution in [-0.4, -0.2) is 7.05 Å². The van der Waals surface area contributed by atoms with E-state index in [4.69, 9.17) is 0 Å². The lowest BCUT2D eigenvalue weighted by Gasteiger charge is -1.91. The highest BCUT2D eigenvalue weighted by molar-refractivity contribution is 8.00. The van der Waals surface area contributed by atoms with Crippen LogP contribution in [0, 0.1) is 0 Å². The van der Waals surface area contributed by atoms with Gasteiger partial charge in [-0.2, -0.15) is 0 Å². The molecule has 0 fully saturated rings. The minimum atomic E-state index is 1.15. The Morgan fingerprint density at radius 3 is 2.75 bits per heavy atom. The Morgan fingerprint density at radius 1 is 1.75 bits per heavy atom. The third kappa shape index (κ3) is 4.22. The lowest BCUT2D eigenvalue weighted by molar-refractivity contribution is 1.11. The second-order valence-electron chi connectivity index (χ2n) is 1.64. The molecule has 0 amide bonds. The summed E-state index contributed by atoms with van der Waals surface area (Å²) in [5, 5.41) is 2.12. The molecule has 0 spiro atoms. The van der Waals surface area contributed by atoms with Crippen molar-refractivity contribution in [2.75, 3.05) is 7.05 Å². The molecule has 0 aliphatic rings. The zero-order valence-corrected chi connectivity index (χ0v) is 6.51. The summed E-state index contributed by atoms with van der Waals surface area (Å²) >= 11 is 1.63. The highest BCUT2D eigenvalue weighted by Crippen LogP contribution is 2.04. The minimum absolute atomic E-state index is 1.15. The number of hydrogen-bond acceptors (Lipinski definition) is 2. The van der Waals surface area contributed by atoms with E-state index in [9.17, 15) is 0 Å². The van der Waals surface area contributed by atoms with Gasteiger partial charge in [0.25, 0.3) is 0 Å². The van der Waals surface area contributed by atoms with Crippen LogP contribution in [0.1, 0.15) is 20.3 Å². The van der Waals surface area contributed by atoms with Crippen LogP contribution in [0.15, 0.2) is 11.0 Å². The van der Waals surface area contributed by atoms with Crippen LogP contribution < -0.4 is 4.72 Å². The van der Waals surface area contributed by atoms with E-state index in [2.05, 4.69) is 24.0 Å². The maximum atomic E-state index is 2.97. The molecule has 8 heavy (non-hydrogen) atoms. The molecule has 0 saturated heterocycles. The van der Waals surface area contributed by atoms with E-state index in [0.29, 0.717) is 0 Å². The summed E-state index contributed by atoms with van der Waals surface area (Å²) in [6.45, 7) is 4.28. The Balaban J connectivity index is 3.26. The first-order valence-corrected chi connectivity index (χ1v) is 3.67. The molecule has 1 N–H and O–H groups in total. The number of nitrogens with one attached hydrogen (secondary N) is 1. The molecule has 0 aromatic rings. The topological polar surface area (TPSA) is 12.0 Å². The van der Waals surface area contributed by atoms with Gasteiger partial charge in [0.2, 0.25) is 0 Å². The van der Waals surface area contributed by atoms with E-state index < -0.39 is 0 Å². The summed E-state index contributed by atoms with van der Waals surface area (Å²) < 4.78 is 2.97. The number of rotatable bonds is 3. The maximum absolute atomic E-state index is 2.97. The van der Waals surface area contributed by atoms with Gasteiger partial charge in [-0.15, -0.1) is 0 Å². The fourth-order valence-corrected chi connectivity index (χ4v) is 0.729. The van der Waals surface area contributed by atoms with Crippen LogP contribution in [0.2, 0.25) is 0 Å². The van der Waals surface area contributed by atoms with Crippen molar-refractivity contribution in [3.63, 3.8) is 0 Å². The Hall–Kier alpha value is 0.0500. The van der Waals surface area contributed by atoms with Gasteiger partial charge in [0.15, 0.2) is 0 Å². The Kier molecular flexibility index (Phi) is 5.22. The molecule has 2 heteroatoms. The van der Waals surface area contributed by atoms with Crippen LogP contribution in [0.3, 0.4) is 0 Å². The van der Waals surface area contributed by atoms with E-state index >= 15 is 0 Å². The molecule has 0 radical (unpaired) electrons. The standard InChI is InChI=1S/C6H13NS/c1-4-6(2)5-8-7-3/h5,7H,4H2,1-3H3/b6-5+. The molecular weight excluding hydrogens is 118 g/mol. The van der Waals surface area contributed by atoms with Crippen molar-refractivity contribution in [2.24, 2.45) is 0 Å². The number of allylic oxidation sites excluding steroid dienone is 1. The van der Waals surface area contributed by atoms with Crippen molar-refractivity contribution in [1.29, 1.82) is 0 Å². The average Bonchev–Trinajstić information content (AvgIpc) is 1.83. The minimum Gasteiger partial charge on any atom is -0.264 e. The molecule has 48 valence electrons. The summed E-state index contributed by atoms with van der Waals surface area (Å²) in [6, 6.07) is 0. The highest BCUT2D eigenvalue weighted by Gasteiger charge is 1.79. The first-order valence-electron chi connectivity index (χ1n) is 2.79. The molecule has 1 nitrogen and oxygen atoms in total. The molecule has 0 heterocycles. The van der Waals surface area contributed by atoms with Gasteiger partial charge < -0.3 is 0 Å². The van der Waals surface area contributed by atoms with Crippen LogP contribution in [0.4, 0.5) is 0 Å². The molecule has 0 aliphatic heterocycles. The summed E-state index contributed by atoms with van der Waals surface area (Å²) in [5.41, 5.74) is 1.42. The van der Waals surface area contributed by atoms with E-state index in [1.165, 1.54) is 5.57 Å². The van der Waals surface area contributed by atoms with Crippen molar-refractivity contribution in [3.8, 4) is 0 Å². The van der Waals surface area contributed by atoms with Crippen LogP contribution >= 0.6 is 11.9 Å². The van der Waals surface area contributed by atoms with Crippen molar-refractivity contribution in [3.05, 3.63) is 11.0 Å². The summed E-state index contributed by atoms with van der Waals surface area (Å²) in [7, 11) is 1.92. The van der Waals surface area contributed by atoms with Crippen molar-refractivity contribution in [1.82, 2.24) is 4.72 Å². The smallest absolute Gasteiger partial charge is 0.00533 e. The van der Waals surface area contributed by atoms with Crippen molar-refractivity contribution >= 4 is 11.9 Å². The van der Waals surface area contributed by atoms with Gasteiger partial charge in [-0.1, -0.05) is 24.4 Å². The predicted octanol–water partition coefficient (Wildman–Crippen LogP) is 2.17. The normalized spacial score (nSPS) is 12.1. The first kappa shape index (κ1) is 8.05. The number of hydrogen-bond donors (Lipinski definition) is 1. The van der Waals surface area contributed by atoms with Crippen LogP contribution in [-0.2, 0) is 0 Å². The molecular formula is C6H13NS. The summed E-state index contributed by atoms with van der Waals surface area (Å²) in [6.07, 6.45) is 1.15. The lowest BCUT2D eigenvalue weighted by atomic mass is 10.3. The molecule has 0 bridgehead atoms. The highest BCUT2D eigenvalue weighted by atomic mass is 32.2. The van der Waals surface area contributed by atoms with Crippen molar-refractivity contribution in [2.45, 2.75) is 20.3 Å². The zero-order chi connectivity index (χ0) is 6.41. The first-order chi connectivity index (χ1) is 3.81. The van der Waals surface area contributed by atoms with E-state index in [-0.39, 0.29) is 0 Å². The SMILES string of the molecule is CC/C(C)=C/SNC. The third-order valence-corrected chi connectivity index (χ3v) is 1.69. The summed E-state index contributed by atoms with van der Waals surface area (Å²) in [5.74, 6) is 0. The summed E-state index contributed by atoms with van der Waals surface area (Å²) in [4.78, 5) is 0. The van der Waals surface area contributed by atoms with Gasteiger partial charge >= 0.3 is 0 Å². The predicted molar refractivity (Wildman–Crippen MR) is 40.7 cm³/mol. The van der Waals surface area contributed by atoms with E-state index in [0.717, 1.165) is 6.42 Å². The van der Waals surface area contributed by atoms with Crippen LogP contribution in [0.5, 0.6) is 0 Å². The van der Waals surface area contributed by atoms with Crippen LogP contribution in [0.25, 0.3) is 0 Å². The molecule has 0 aromatic heterocycles. The third-order valence-electron chi connectivity index (χ3n) is 0.936. The molecule has 0 saturated carbocycles. The van der Waals surface area contributed by atoms with E-state index in [1.807, 2.05) is 7.05 Å². The van der Waals surface area contributed by atoms with Gasteiger partial charge in [0.1, 0.15) is 0 Å². The van der Waals surface area contributed by atoms with Gasteiger partial charge in [-0.25, -0.2) is 0 Å². The average molecular weight is 131 g/mol. The maximum Gasteiger partial charge on any atom is -0.00533 e. The monoisotopic (exact) mass is 131 g/mol. The Morgan fingerprint density at radius 2 is 2.38 bits per heavy atom. The molecule has 0 rings (SSSR count). The second-order valence-corrected chi connectivity index (χ2v) is 2.52. The van der Waals surface area contributed by atoms with Gasteiger partial charge in [0.05, 0.1) is 0 Å². The lowest BCUT2D eigenvalue weighted by Crippen LogP contribution is -1.86. The molecule has 0 aromatic carbocycles.